The number of aliphatic hydroxyl groups is 1. The highest BCUT2D eigenvalue weighted by atomic mass is 79.9. The molecule has 4 heteroatoms. The lowest BCUT2D eigenvalue weighted by atomic mass is 10.0. The molecule has 0 saturated heterocycles. The molecule has 3 nitrogen and oxygen atoms in total. The topological polar surface area (TPSA) is 59.1 Å². The van der Waals surface area contributed by atoms with Crippen LogP contribution in [-0.2, 0) is 0 Å². The maximum absolute atomic E-state index is 9.04. The number of nitrogens with zero attached hydrogens (tertiary/aromatic N) is 1. The minimum atomic E-state index is -0.0481. The summed E-state index contributed by atoms with van der Waals surface area (Å²) < 4.78 is 0.947. The van der Waals surface area contributed by atoms with Crippen molar-refractivity contribution in [2.75, 3.05) is 13.2 Å². The molecule has 1 heterocycles. The molecule has 0 aliphatic rings. The second-order valence-corrected chi connectivity index (χ2v) is 3.89. The van der Waals surface area contributed by atoms with Crippen molar-refractivity contribution < 1.29 is 5.11 Å². The fraction of sp³-hybridized carbons (Fsp3) is 0.444. The molecule has 0 fully saturated rings. The Morgan fingerprint density at radius 2 is 2.38 bits per heavy atom. The van der Waals surface area contributed by atoms with E-state index in [4.69, 9.17) is 10.8 Å². The smallest absolute Gasteiger partial charge is 0.0527 e. The number of aryl methyl sites for hydroxylation is 1. The van der Waals surface area contributed by atoms with Crippen molar-refractivity contribution in [2.24, 2.45) is 5.73 Å². The third-order valence-electron chi connectivity index (χ3n) is 1.98. The molecule has 0 aliphatic heterocycles. The van der Waals surface area contributed by atoms with E-state index >= 15 is 0 Å². The van der Waals surface area contributed by atoms with E-state index < -0.39 is 0 Å². The van der Waals surface area contributed by atoms with Crippen LogP contribution in [0, 0.1) is 6.92 Å². The first-order chi connectivity index (χ1) is 6.19. The van der Waals surface area contributed by atoms with Crippen molar-refractivity contribution >= 4 is 15.9 Å². The zero-order valence-corrected chi connectivity index (χ0v) is 9.08. The summed E-state index contributed by atoms with van der Waals surface area (Å²) >= 11 is 3.33. The van der Waals surface area contributed by atoms with Gasteiger partial charge in [-0.3, -0.25) is 4.98 Å². The SMILES string of the molecule is Cc1cc(Br)cnc1C(CN)CO. The Kier molecular flexibility index (Phi) is 3.84. The molecule has 0 spiro atoms. The number of aliphatic hydroxyl groups excluding tert-OH is 1. The summed E-state index contributed by atoms with van der Waals surface area (Å²) in [6, 6.07) is 1.97. The van der Waals surface area contributed by atoms with Crippen LogP contribution >= 0.6 is 15.9 Å². The van der Waals surface area contributed by atoms with E-state index in [0.29, 0.717) is 6.54 Å². The van der Waals surface area contributed by atoms with Crippen LogP contribution in [-0.4, -0.2) is 23.2 Å². The molecule has 0 aromatic carbocycles. The summed E-state index contributed by atoms with van der Waals surface area (Å²) in [5.74, 6) is -0.0481. The second-order valence-electron chi connectivity index (χ2n) is 2.97. The number of halogens is 1. The van der Waals surface area contributed by atoms with Crippen LogP contribution in [0.4, 0.5) is 0 Å². The molecule has 1 aromatic rings. The Morgan fingerprint density at radius 3 is 2.85 bits per heavy atom. The lowest BCUT2D eigenvalue weighted by Crippen LogP contribution is -2.18. The normalized spacial score (nSPS) is 12.9. The Morgan fingerprint density at radius 1 is 1.69 bits per heavy atom. The highest BCUT2D eigenvalue weighted by Gasteiger charge is 2.12. The van der Waals surface area contributed by atoms with Crippen molar-refractivity contribution in [1.29, 1.82) is 0 Å². The van der Waals surface area contributed by atoms with E-state index in [-0.39, 0.29) is 12.5 Å². The van der Waals surface area contributed by atoms with Gasteiger partial charge in [-0.2, -0.15) is 0 Å². The second kappa shape index (κ2) is 4.69. The Bertz CT molecular complexity index is 287. The van der Waals surface area contributed by atoms with Crippen molar-refractivity contribution in [3.8, 4) is 0 Å². The van der Waals surface area contributed by atoms with E-state index in [2.05, 4.69) is 20.9 Å². The van der Waals surface area contributed by atoms with Crippen LogP contribution < -0.4 is 5.73 Å². The van der Waals surface area contributed by atoms with Crippen LogP contribution in [0.15, 0.2) is 16.7 Å². The van der Waals surface area contributed by atoms with Gasteiger partial charge in [0.2, 0.25) is 0 Å². The van der Waals surface area contributed by atoms with Gasteiger partial charge in [0.1, 0.15) is 0 Å². The molecule has 1 atom stereocenters. The number of hydrogen-bond acceptors (Lipinski definition) is 3. The summed E-state index contributed by atoms with van der Waals surface area (Å²) in [6.07, 6.45) is 1.72. The molecule has 13 heavy (non-hydrogen) atoms. The molecular formula is C9H13BrN2O. The van der Waals surface area contributed by atoms with E-state index in [1.165, 1.54) is 0 Å². The number of pyridine rings is 1. The molecule has 1 rings (SSSR count). The Labute approximate surface area is 86.1 Å². The molecule has 0 radical (unpaired) electrons. The van der Waals surface area contributed by atoms with E-state index in [0.717, 1.165) is 15.7 Å². The van der Waals surface area contributed by atoms with Gasteiger partial charge in [-0.25, -0.2) is 0 Å². The molecule has 0 amide bonds. The zero-order chi connectivity index (χ0) is 9.84. The minimum absolute atomic E-state index is 0.0476. The molecule has 72 valence electrons. The lowest BCUT2D eigenvalue weighted by Gasteiger charge is -2.13. The summed E-state index contributed by atoms with van der Waals surface area (Å²) in [4.78, 5) is 4.23. The lowest BCUT2D eigenvalue weighted by molar-refractivity contribution is 0.265. The number of aromatic nitrogens is 1. The van der Waals surface area contributed by atoms with Crippen LogP contribution in [0.1, 0.15) is 17.2 Å². The third kappa shape index (κ3) is 2.49. The summed E-state index contributed by atoms with van der Waals surface area (Å²) in [5, 5.41) is 9.04. The van der Waals surface area contributed by atoms with Crippen LogP contribution in [0.5, 0.6) is 0 Å². The number of nitrogens with two attached hydrogens (primary N) is 1. The monoisotopic (exact) mass is 244 g/mol. The highest BCUT2D eigenvalue weighted by Crippen LogP contribution is 2.19. The molecule has 0 bridgehead atoms. The third-order valence-corrected chi connectivity index (χ3v) is 2.41. The standard InChI is InChI=1S/C9H13BrN2O/c1-6-2-8(10)4-12-9(6)7(3-11)5-13/h2,4,7,13H,3,5,11H2,1H3. The summed E-state index contributed by atoms with van der Waals surface area (Å²) in [6.45, 7) is 2.43. The van der Waals surface area contributed by atoms with Gasteiger partial charge >= 0.3 is 0 Å². The molecule has 1 unspecified atom stereocenters. The van der Waals surface area contributed by atoms with Crippen LogP contribution in [0.2, 0.25) is 0 Å². The number of rotatable bonds is 3. The molecule has 0 saturated carbocycles. The van der Waals surface area contributed by atoms with Gasteiger partial charge in [0.15, 0.2) is 0 Å². The maximum Gasteiger partial charge on any atom is 0.0527 e. The molecule has 1 aromatic heterocycles. The fourth-order valence-corrected chi connectivity index (χ4v) is 1.70. The first-order valence-corrected chi connectivity index (χ1v) is 4.91. The number of hydrogen-bond donors (Lipinski definition) is 2. The van der Waals surface area contributed by atoms with Gasteiger partial charge in [0.05, 0.1) is 6.61 Å². The van der Waals surface area contributed by atoms with Crippen molar-refractivity contribution in [1.82, 2.24) is 4.98 Å². The van der Waals surface area contributed by atoms with Crippen molar-refractivity contribution in [2.45, 2.75) is 12.8 Å². The average Bonchev–Trinajstić information content (AvgIpc) is 2.10. The van der Waals surface area contributed by atoms with Crippen LogP contribution in [0.25, 0.3) is 0 Å². The Hall–Kier alpha value is -0.450. The van der Waals surface area contributed by atoms with E-state index in [1.54, 1.807) is 6.20 Å². The first kappa shape index (κ1) is 10.6. The predicted molar refractivity (Wildman–Crippen MR) is 55.6 cm³/mol. The van der Waals surface area contributed by atoms with Gasteiger partial charge in [-0.1, -0.05) is 0 Å². The predicted octanol–water partition coefficient (Wildman–Crippen LogP) is 1.19. The maximum atomic E-state index is 9.04. The van der Waals surface area contributed by atoms with Gasteiger partial charge in [-0.15, -0.1) is 0 Å². The molecular weight excluding hydrogens is 232 g/mol. The molecule has 3 N–H and O–H groups in total. The Balaban J connectivity index is 2.99. The van der Waals surface area contributed by atoms with Crippen molar-refractivity contribution in [3.63, 3.8) is 0 Å². The fourth-order valence-electron chi connectivity index (χ4n) is 1.25. The molecule has 0 aliphatic carbocycles. The van der Waals surface area contributed by atoms with E-state index in [9.17, 15) is 0 Å². The zero-order valence-electron chi connectivity index (χ0n) is 7.50. The quantitative estimate of drug-likeness (QED) is 0.840. The van der Waals surface area contributed by atoms with E-state index in [1.807, 2.05) is 13.0 Å². The van der Waals surface area contributed by atoms with Gasteiger partial charge in [0.25, 0.3) is 0 Å². The van der Waals surface area contributed by atoms with Crippen LogP contribution in [0.3, 0.4) is 0 Å². The first-order valence-electron chi connectivity index (χ1n) is 4.12. The minimum Gasteiger partial charge on any atom is -0.396 e. The van der Waals surface area contributed by atoms with Crippen molar-refractivity contribution in [3.05, 3.63) is 28.0 Å². The van der Waals surface area contributed by atoms with Gasteiger partial charge in [-0.05, 0) is 34.5 Å². The highest BCUT2D eigenvalue weighted by molar-refractivity contribution is 9.10. The van der Waals surface area contributed by atoms with Gasteiger partial charge in [0, 0.05) is 28.8 Å². The average molecular weight is 245 g/mol. The van der Waals surface area contributed by atoms with Gasteiger partial charge < -0.3 is 10.8 Å². The largest absolute Gasteiger partial charge is 0.396 e. The summed E-state index contributed by atoms with van der Waals surface area (Å²) in [5.41, 5.74) is 7.45. The summed E-state index contributed by atoms with van der Waals surface area (Å²) in [7, 11) is 0.